The molecule has 2 aliphatic heterocycles. The zero-order valence-corrected chi connectivity index (χ0v) is 19.5. The summed E-state index contributed by atoms with van der Waals surface area (Å²) in [5, 5.41) is 0. The van der Waals surface area contributed by atoms with Gasteiger partial charge >= 0.3 is 0 Å². The zero-order valence-electron chi connectivity index (χ0n) is 19.5. The van der Waals surface area contributed by atoms with Gasteiger partial charge in [0.15, 0.2) is 11.6 Å². The van der Waals surface area contributed by atoms with Gasteiger partial charge in [0.25, 0.3) is 0 Å². The van der Waals surface area contributed by atoms with Crippen LogP contribution in [0.2, 0.25) is 0 Å². The number of halogens is 2. The highest BCUT2D eigenvalue weighted by molar-refractivity contribution is 5.98. The standard InChI is InChI=1S/C26H33F2N3O2/c1-5-8-18(6-2)15-21(32)16-19-9-7-13-31(26(19)33)23-11-10-22(24(27)25(23)28)30-14-12-20(17-30)29(3)4/h5-6,8,10-11,19-20H,1-2,7,9,12-17H2,3-4H3/b18-8+/t19-,20?/m0/s1. The first-order valence-electron chi connectivity index (χ1n) is 11.4. The number of allylic oxidation sites excluding steroid dienone is 4. The number of nitrogens with zero attached hydrogens (tertiary/aromatic N) is 3. The highest BCUT2D eigenvalue weighted by Gasteiger charge is 2.34. The molecule has 33 heavy (non-hydrogen) atoms. The maximum atomic E-state index is 15.1. The molecule has 0 aromatic heterocycles. The fourth-order valence-electron chi connectivity index (χ4n) is 4.67. The zero-order chi connectivity index (χ0) is 24.1. The third-order valence-electron chi connectivity index (χ3n) is 6.59. The maximum absolute atomic E-state index is 15.1. The first-order chi connectivity index (χ1) is 15.8. The Bertz CT molecular complexity index is 957. The van der Waals surface area contributed by atoms with Crippen molar-refractivity contribution in [2.75, 3.05) is 43.5 Å². The van der Waals surface area contributed by atoms with E-state index in [9.17, 15) is 9.59 Å². The van der Waals surface area contributed by atoms with E-state index < -0.39 is 17.6 Å². The summed E-state index contributed by atoms with van der Waals surface area (Å²) in [6.07, 6.45) is 7.18. The highest BCUT2D eigenvalue weighted by Crippen LogP contribution is 2.34. The summed E-state index contributed by atoms with van der Waals surface area (Å²) in [7, 11) is 3.95. The summed E-state index contributed by atoms with van der Waals surface area (Å²) < 4.78 is 30.2. The first-order valence-corrected chi connectivity index (χ1v) is 11.4. The molecular formula is C26H33F2N3O2. The third-order valence-corrected chi connectivity index (χ3v) is 6.59. The molecule has 7 heteroatoms. The quantitative estimate of drug-likeness (QED) is 0.513. The molecule has 1 amide bonds. The number of ketones is 1. The average Bonchev–Trinajstić information content (AvgIpc) is 3.27. The molecule has 1 unspecified atom stereocenters. The summed E-state index contributed by atoms with van der Waals surface area (Å²) in [5.41, 5.74) is 0.903. The number of hydrogen-bond donors (Lipinski definition) is 0. The molecule has 0 bridgehead atoms. The average molecular weight is 458 g/mol. The van der Waals surface area contributed by atoms with Crippen LogP contribution in [0.4, 0.5) is 20.2 Å². The second-order valence-electron chi connectivity index (χ2n) is 9.01. The number of rotatable bonds is 9. The lowest BCUT2D eigenvalue weighted by Crippen LogP contribution is -2.42. The van der Waals surface area contributed by atoms with Crippen molar-refractivity contribution in [3.63, 3.8) is 0 Å². The molecule has 0 N–H and O–H groups in total. The van der Waals surface area contributed by atoms with E-state index in [2.05, 4.69) is 18.1 Å². The highest BCUT2D eigenvalue weighted by atomic mass is 19.2. The van der Waals surface area contributed by atoms with Gasteiger partial charge in [-0.25, -0.2) is 8.78 Å². The van der Waals surface area contributed by atoms with Crippen molar-refractivity contribution in [2.45, 2.75) is 38.1 Å². The van der Waals surface area contributed by atoms with Gasteiger partial charge in [-0.15, -0.1) is 0 Å². The van der Waals surface area contributed by atoms with E-state index in [0.29, 0.717) is 32.5 Å². The summed E-state index contributed by atoms with van der Waals surface area (Å²) in [5.74, 6) is -2.90. The van der Waals surface area contributed by atoms with Crippen LogP contribution in [0.25, 0.3) is 0 Å². The van der Waals surface area contributed by atoms with Gasteiger partial charge in [0.1, 0.15) is 5.78 Å². The molecule has 2 aliphatic rings. The first kappa shape index (κ1) is 24.8. The second kappa shape index (κ2) is 10.9. The van der Waals surface area contributed by atoms with Crippen LogP contribution in [0, 0.1) is 17.6 Å². The van der Waals surface area contributed by atoms with Gasteiger partial charge in [-0.3, -0.25) is 9.59 Å². The number of piperidine rings is 1. The smallest absolute Gasteiger partial charge is 0.230 e. The van der Waals surface area contributed by atoms with Crippen molar-refractivity contribution >= 4 is 23.1 Å². The lowest BCUT2D eigenvalue weighted by atomic mass is 9.90. The van der Waals surface area contributed by atoms with Crippen molar-refractivity contribution in [2.24, 2.45) is 5.92 Å². The Hall–Kier alpha value is -2.80. The minimum absolute atomic E-state index is 0.0555. The number of benzene rings is 1. The number of anilines is 2. The Labute approximate surface area is 195 Å². The molecule has 2 saturated heterocycles. The Morgan fingerprint density at radius 3 is 2.48 bits per heavy atom. The molecule has 0 radical (unpaired) electrons. The van der Waals surface area contributed by atoms with Crippen LogP contribution in [-0.4, -0.2) is 56.4 Å². The fraction of sp³-hybridized carbons (Fsp3) is 0.462. The van der Waals surface area contributed by atoms with Gasteiger partial charge in [-0.2, -0.15) is 0 Å². The third kappa shape index (κ3) is 5.58. The number of Topliss-reactive ketones (excluding diaryl/α,β-unsaturated/α-hetero) is 1. The number of hydrogen-bond acceptors (Lipinski definition) is 4. The van der Waals surface area contributed by atoms with Crippen LogP contribution < -0.4 is 9.80 Å². The van der Waals surface area contributed by atoms with Crippen molar-refractivity contribution < 1.29 is 18.4 Å². The van der Waals surface area contributed by atoms with Gasteiger partial charge < -0.3 is 14.7 Å². The van der Waals surface area contributed by atoms with Crippen LogP contribution in [-0.2, 0) is 9.59 Å². The van der Waals surface area contributed by atoms with Gasteiger partial charge in [0.05, 0.1) is 11.4 Å². The van der Waals surface area contributed by atoms with Crippen molar-refractivity contribution in [1.82, 2.24) is 4.90 Å². The van der Waals surface area contributed by atoms with Crippen LogP contribution >= 0.6 is 0 Å². The van der Waals surface area contributed by atoms with E-state index in [-0.39, 0.29) is 41.9 Å². The Morgan fingerprint density at radius 1 is 1.15 bits per heavy atom. The Morgan fingerprint density at radius 2 is 1.85 bits per heavy atom. The van der Waals surface area contributed by atoms with Gasteiger partial charge in [-0.05, 0) is 51.1 Å². The Balaban J connectivity index is 1.74. The van der Waals surface area contributed by atoms with Crippen LogP contribution in [0.5, 0.6) is 0 Å². The van der Waals surface area contributed by atoms with E-state index in [1.165, 1.54) is 11.0 Å². The molecule has 2 atom stereocenters. The number of likely N-dealkylation sites (N-methyl/N-ethyl adjacent to an activating group) is 1. The van der Waals surface area contributed by atoms with E-state index in [1.807, 2.05) is 19.0 Å². The topological polar surface area (TPSA) is 43.9 Å². The number of carbonyl (C=O) groups excluding carboxylic acids is 2. The molecule has 0 saturated carbocycles. The minimum Gasteiger partial charge on any atom is -0.367 e. The van der Waals surface area contributed by atoms with E-state index in [4.69, 9.17) is 0 Å². The maximum Gasteiger partial charge on any atom is 0.230 e. The predicted molar refractivity (Wildman–Crippen MR) is 128 cm³/mol. The number of amides is 1. The van der Waals surface area contributed by atoms with Gasteiger partial charge in [0.2, 0.25) is 5.91 Å². The van der Waals surface area contributed by atoms with E-state index in [0.717, 1.165) is 12.0 Å². The lowest BCUT2D eigenvalue weighted by Gasteiger charge is -2.33. The summed E-state index contributed by atoms with van der Waals surface area (Å²) in [6, 6.07) is 3.34. The van der Waals surface area contributed by atoms with Crippen LogP contribution in [0.15, 0.2) is 49.1 Å². The van der Waals surface area contributed by atoms with Gasteiger partial charge in [-0.1, -0.05) is 31.4 Å². The molecule has 1 aromatic rings. The summed E-state index contributed by atoms with van der Waals surface area (Å²) in [6.45, 7) is 8.89. The van der Waals surface area contributed by atoms with Crippen LogP contribution in [0.1, 0.15) is 32.1 Å². The molecule has 0 aliphatic carbocycles. The predicted octanol–water partition coefficient (Wildman–Crippen LogP) is 4.50. The summed E-state index contributed by atoms with van der Waals surface area (Å²) >= 11 is 0. The van der Waals surface area contributed by atoms with Crippen molar-refractivity contribution in [3.8, 4) is 0 Å². The molecule has 0 spiro atoms. The second-order valence-corrected chi connectivity index (χ2v) is 9.01. The molecular weight excluding hydrogens is 424 g/mol. The van der Waals surface area contributed by atoms with Gasteiger partial charge in [0, 0.05) is 44.4 Å². The molecule has 3 rings (SSSR count). The SMILES string of the molecule is C=C/C=C(\C=C)CC(=O)C[C@@H]1CCCN(c2ccc(N3CCC(N(C)C)C3)c(F)c2F)C1=O. The molecule has 2 heterocycles. The molecule has 5 nitrogen and oxygen atoms in total. The van der Waals surface area contributed by atoms with Crippen molar-refractivity contribution in [3.05, 3.63) is 60.7 Å². The molecule has 2 fully saturated rings. The van der Waals surface area contributed by atoms with Crippen LogP contribution in [0.3, 0.4) is 0 Å². The van der Waals surface area contributed by atoms with E-state index in [1.54, 1.807) is 24.3 Å². The molecule has 178 valence electrons. The summed E-state index contributed by atoms with van der Waals surface area (Å²) in [4.78, 5) is 30.8. The largest absolute Gasteiger partial charge is 0.367 e. The Kier molecular flexibility index (Phi) is 8.19. The number of carbonyl (C=O) groups is 2. The molecule has 1 aromatic carbocycles. The van der Waals surface area contributed by atoms with E-state index >= 15 is 8.78 Å². The lowest BCUT2D eigenvalue weighted by molar-refractivity contribution is -0.128. The monoisotopic (exact) mass is 457 g/mol. The normalized spacial score (nSPS) is 21.6. The fourth-order valence-corrected chi connectivity index (χ4v) is 4.67. The van der Waals surface area contributed by atoms with Crippen molar-refractivity contribution in [1.29, 1.82) is 0 Å². The minimum atomic E-state index is -1.01.